The molecule has 0 unspecified atom stereocenters. The Hall–Kier alpha value is -2.63. The minimum absolute atomic E-state index is 0.156. The van der Waals surface area contributed by atoms with Gasteiger partial charge in [-0.05, 0) is 12.0 Å². The second-order valence-electron chi connectivity index (χ2n) is 5.79. The molecule has 0 aliphatic rings. The van der Waals surface area contributed by atoms with Gasteiger partial charge in [0.15, 0.2) is 5.82 Å². The molecule has 0 aliphatic heterocycles. The van der Waals surface area contributed by atoms with Crippen molar-refractivity contribution in [2.24, 2.45) is 5.41 Å². The summed E-state index contributed by atoms with van der Waals surface area (Å²) in [6.45, 7) is 3.50. The Morgan fingerprint density at radius 3 is 2.55 bits per heavy atom. The number of aliphatic carboxylic acids is 1. The zero-order valence-corrected chi connectivity index (χ0v) is 12.6. The summed E-state index contributed by atoms with van der Waals surface area (Å²) in [7, 11) is 0. The van der Waals surface area contributed by atoms with E-state index in [1.165, 1.54) is 10.9 Å². The largest absolute Gasteiger partial charge is 0.480 e. The third kappa shape index (κ3) is 4.18. The number of nitrogens with zero attached hydrogens (tertiary/aromatic N) is 2. The Labute approximate surface area is 128 Å². The van der Waals surface area contributed by atoms with Crippen molar-refractivity contribution in [2.75, 3.05) is 5.32 Å². The van der Waals surface area contributed by atoms with E-state index in [9.17, 15) is 9.59 Å². The fourth-order valence-corrected chi connectivity index (χ4v) is 2.13. The highest BCUT2D eigenvalue weighted by Crippen LogP contribution is 2.23. The van der Waals surface area contributed by atoms with Crippen molar-refractivity contribution in [1.82, 2.24) is 9.78 Å². The molecule has 6 heteroatoms. The highest BCUT2D eigenvalue weighted by molar-refractivity contribution is 5.94. The lowest BCUT2D eigenvalue weighted by atomic mass is 9.85. The standard InChI is InChI=1S/C16H19N3O3/c1-16(2,10-12-6-4-3-5-7-12)15(22)17-13-8-9-19(18-13)11-14(20)21/h3-9H,10-11H2,1-2H3,(H,20,21)(H,17,18,22). The van der Waals surface area contributed by atoms with Gasteiger partial charge >= 0.3 is 5.97 Å². The SMILES string of the molecule is CC(C)(Cc1ccccc1)C(=O)Nc1ccn(CC(=O)O)n1. The van der Waals surface area contributed by atoms with Crippen molar-refractivity contribution in [3.8, 4) is 0 Å². The zero-order valence-electron chi connectivity index (χ0n) is 12.6. The number of hydrogen-bond donors (Lipinski definition) is 2. The monoisotopic (exact) mass is 301 g/mol. The molecule has 0 aliphatic carbocycles. The molecule has 0 bridgehead atoms. The molecule has 0 spiro atoms. The molecule has 0 fully saturated rings. The fourth-order valence-electron chi connectivity index (χ4n) is 2.13. The summed E-state index contributed by atoms with van der Waals surface area (Å²) in [5, 5.41) is 15.5. The maximum atomic E-state index is 12.4. The number of amides is 1. The molecule has 2 rings (SSSR count). The van der Waals surface area contributed by atoms with Gasteiger partial charge in [0.1, 0.15) is 6.54 Å². The van der Waals surface area contributed by atoms with Crippen LogP contribution in [-0.2, 0) is 22.6 Å². The molecule has 1 aromatic carbocycles. The van der Waals surface area contributed by atoms with Crippen LogP contribution in [0.4, 0.5) is 5.82 Å². The maximum Gasteiger partial charge on any atom is 0.325 e. The Morgan fingerprint density at radius 2 is 1.91 bits per heavy atom. The van der Waals surface area contributed by atoms with Gasteiger partial charge in [-0.2, -0.15) is 5.10 Å². The van der Waals surface area contributed by atoms with Gasteiger partial charge in [-0.1, -0.05) is 44.2 Å². The van der Waals surface area contributed by atoms with Crippen molar-refractivity contribution in [3.63, 3.8) is 0 Å². The van der Waals surface area contributed by atoms with Crippen LogP contribution in [-0.4, -0.2) is 26.8 Å². The Morgan fingerprint density at radius 1 is 1.23 bits per heavy atom. The number of carbonyl (C=O) groups is 2. The predicted octanol–water partition coefficient (Wildman–Crippen LogP) is 2.18. The highest BCUT2D eigenvalue weighted by Gasteiger charge is 2.28. The van der Waals surface area contributed by atoms with Crippen LogP contribution in [0.3, 0.4) is 0 Å². The van der Waals surface area contributed by atoms with Crippen LogP contribution in [0.5, 0.6) is 0 Å². The number of carboxylic acids is 1. The number of carbonyl (C=O) groups excluding carboxylic acids is 1. The van der Waals surface area contributed by atoms with Crippen molar-refractivity contribution in [3.05, 3.63) is 48.2 Å². The zero-order chi connectivity index (χ0) is 16.2. The van der Waals surface area contributed by atoms with Crippen LogP contribution in [0.2, 0.25) is 0 Å². The van der Waals surface area contributed by atoms with E-state index in [2.05, 4.69) is 10.4 Å². The number of rotatable bonds is 6. The molecule has 22 heavy (non-hydrogen) atoms. The van der Waals surface area contributed by atoms with Gasteiger partial charge in [-0.25, -0.2) is 0 Å². The van der Waals surface area contributed by atoms with E-state index in [0.29, 0.717) is 12.2 Å². The molecule has 2 N–H and O–H groups in total. The summed E-state index contributed by atoms with van der Waals surface area (Å²) in [5.41, 5.74) is 0.483. The molecule has 1 aromatic heterocycles. The third-order valence-corrected chi connectivity index (χ3v) is 3.28. The first-order chi connectivity index (χ1) is 10.4. The van der Waals surface area contributed by atoms with Gasteiger partial charge < -0.3 is 10.4 Å². The summed E-state index contributed by atoms with van der Waals surface area (Å²) < 4.78 is 1.27. The molecule has 0 saturated heterocycles. The van der Waals surface area contributed by atoms with Crippen molar-refractivity contribution < 1.29 is 14.7 Å². The van der Waals surface area contributed by atoms with Crippen LogP contribution in [0, 0.1) is 5.41 Å². The van der Waals surface area contributed by atoms with Crippen LogP contribution < -0.4 is 5.32 Å². The lowest BCUT2D eigenvalue weighted by Crippen LogP contribution is -2.33. The van der Waals surface area contributed by atoms with Crippen LogP contribution in [0.1, 0.15) is 19.4 Å². The summed E-state index contributed by atoms with van der Waals surface area (Å²) in [5.74, 6) is -0.783. The number of anilines is 1. The van der Waals surface area contributed by atoms with Crippen molar-refractivity contribution in [2.45, 2.75) is 26.8 Å². The van der Waals surface area contributed by atoms with Crippen LogP contribution >= 0.6 is 0 Å². The number of hydrogen-bond acceptors (Lipinski definition) is 3. The minimum atomic E-state index is -0.981. The van der Waals surface area contributed by atoms with Crippen molar-refractivity contribution in [1.29, 1.82) is 0 Å². The lowest BCUT2D eigenvalue weighted by molar-refractivity contribution is -0.137. The smallest absolute Gasteiger partial charge is 0.325 e. The molecule has 0 atom stereocenters. The molecule has 1 heterocycles. The fraction of sp³-hybridized carbons (Fsp3) is 0.312. The average molecular weight is 301 g/mol. The van der Waals surface area contributed by atoms with E-state index in [4.69, 9.17) is 5.11 Å². The first-order valence-corrected chi connectivity index (χ1v) is 6.97. The molecule has 116 valence electrons. The predicted molar refractivity (Wildman–Crippen MR) is 82.4 cm³/mol. The van der Waals surface area contributed by atoms with Gasteiger partial charge in [0.2, 0.25) is 5.91 Å². The molecule has 0 saturated carbocycles. The van der Waals surface area contributed by atoms with E-state index in [1.54, 1.807) is 6.07 Å². The second kappa shape index (κ2) is 6.43. The van der Waals surface area contributed by atoms with Gasteiger partial charge in [-0.15, -0.1) is 0 Å². The molecule has 2 aromatic rings. The highest BCUT2D eigenvalue weighted by atomic mass is 16.4. The van der Waals surface area contributed by atoms with E-state index >= 15 is 0 Å². The van der Waals surface area contributed by atoms with Crippen LogP contribution in [0.25, 0.3) is 0 Å². The normalized spacial score (nSPS) is 11.2. The first-order valence-electron chi connectivity index (χ1n) is 6.97. The van der Waals surface area contributed by atoms with E-state index in [1.807, 2.05) is 44.2 Å². The number of aromatic nitrogens is 2. The Bertz CT molecular complexity index is 662. The van der Waals surface area contributed by atoms with Gasteiger partial charge in [0.05, 0.1) is 0 Å². The van der Waals surface area contributed by atoms with Crippen LogP contribution in [0.15, 0.2) is 42.6 Å². The van der Waals surface area contributed by atoms with Crippen molar-refractivity contribution >= 4 is 17.7 Å². The lowest BCUT2D eigenvalue weighted by Gasteiger charge is -2.23. The number of nitrogens with one attached hydrogen (secondary N) is 1. The second-order valence-corrected chi connectivity index (χ2v) is 5.79. The van der Waals surface area contributed by atoms with Gasteiger partial charge in [0, 0.05) is 17.7 Å². The molecular formula is C16H19N3O3. The third-order valence-electron chi connectivity index (χ3n) is 3.28. The van der Waals surface area contributed by atoms with E-state index < -0.39 is 11.4 Å². The summed E-state index contributed by atoms with van der Waals surface area (Å²) >= 11 is 0. The topological polar surface area (TPSA) is 84.2 Å². The number of benzene rings is 1. The molecule has 1 amide bonds. The summed E-state index contributed by atoms with van der Waals surface area (Å²) in [4.78, 5) is 23.0. The number of carboxylic acid groups (broad SMARTS) is 1. The Balaban J connectivity index is 2.01. The molecule has 6 nitrogen and oxygen atoms in total. The first kappa shape index (κ1) is 15.8. The summed E-state index contributed by atoms with van der Waals surface area (Å²) in [6, 6.07) is 11.4. The molecular weight excluding hydrogens is 282 g/mol. The molecule has 0 radical (unpaired) electrons. The van der Waals surface area contributed by atoms with Gasteiger partial charge in [-0.3, -0.25) is 14.3 Å². The Kier molecular flexibility index (Phi) is 4.60. The summed E-state index contributed by atoms with van der Waals surface area (Å²) in [6.07, 6.45) is 2.13. The van der Waals surface area contributed by atoms with E-state index in [0.717, 1.165) is 5.56 Å². The van der Waals surface area contributed by atoms with Gasteiger partial charge in [0.25, 0.3) is 0 Å². The minimum Gasteiger partial charge on any atom is -0.480 e. The maximum absolute atomic E-state index is 12.4. The van der Waals surface area contributed by atoms with E-state index in [-0.39, 0.29) is 12.5 Å². The quantitative estimate of drug-likeness (QED) is 0.856. The average Bonchev–Trinajstić information content (AvgIpc) is 2.85.